The molecule has 0 saturated heterocycles. The number of nitrogens with one attached hydrogen (secondary N) is 2. The van der Waals surface area contributed by atoms with Crippen LogP contribution in [0.2, 0.25) is 0 Å². The van der Waals surface area contributed by atoms with Gasteiger partial charge in [0.05, 0.1) is 5.75 Å². The molecule has 1 amide bonds. The summed E-state index contributed by atoms with van der Waals surface area (Å²) >= 11 is 1.29. The summed E-state index contributed by atoms with van der Waals surface area (Å²) in [6.45, 7) is 0.801. The Morgan fingerprint density at radius 3 is 2.89 bits per heavy atom. The van der Waals surface area contributed by atoms with Crippen molar-refractivity contribution in [3.63, 3.8) is 0 Å². The molecule has 1 aromatic rings. The Morgan fingerprint density at radius 1 is 1.44 bits per heavy atom. The van der Waals surface area contributed by atoms with Crippen LogP contribution in [0.25, 0.3) is 0 Å². The number of hydrogen-bond acceptors (Lipinski definition) is 5. The van der Waals surface area contributed by atoms with E-state index < -0.39 is 0 Å². The number of nitrogen functional groups attached to an aromatic ring is 1. The maximum atomic E-state index is 11.6. The van der Waals surface area contributed by atoms with E-state index in [2.05, 4.69) is 20.5 Å². The molecule has 0 spiro atoms. The smallest absolute Gasteiger partial charge is 0.230 e. The molecular formula is C11H19N5OS. The molecule has 0 aromatic carbocycles. The second-order valence-electron chi connectivity index (χ2n) is 4.60. The monoisotopic (exact) mass is 269 g/mol. The van der Waals surface area contributed by atoms with Crippen LogP contribution in [0.4, 0.5) is 5.95 Å². The van der Waals surface area contributed by atoms with Crippen LogP contribution in [0.1, 0.15) is 32.1 Å². The Hall–Kier alpha value is -1.24. The first-order valence-corrected chi connectivity index (χ1v) is 7.30. The van der Waals surface area contributed by atoms with E-state index >= 15 is 0 Å². The van der Waals surface area contributed by atoms with Gasteiger partial charge in [0.2, 0.25) is 17.0 Å². The highest BCUT2D eigenvalue weighted by Gasteiger charge is 2.14. The summed E-state index contributed by atoms with van der Waals surface area (Å²) in [4.78, 5) is 15.6. The van der Waals surface area contributed by atoms with Crippen molar-refractivity contribution in [2.24, 2.45) is 5.92 Å². The minimum absolute atomic E-state index is 0.0361. The Kier molecular flexibility index (Phi) is 4.86. The van der Waals surface area contributed by atoms with Crippen LogP contribution in [-0.2, 0) is 4.79 Å². The van der Waals surface area contributed by atoms with Crippen molar-refractivity contribution in [2.75, 3.05) is 18.0 Å². The molecule has 0 unspecified atom stereocenters. The van der Waals surface area contributed by atoms with Gasteiger partial charge in [-0.15, -0.1) is 5.10 Å². The topological polar surface area (TPSA) is 96.7 Å². The quantitative estimate of drug-likeness (QED) is 0.697. The number of H-pyrrole nitrogens is 1. The van der Waals surface area contributed by atoms with Crippen LogP contribution in [0.5, 0.6) is 0 Å². The molecule has 1 saturated carbocycles. The molecule has 0 radical (unpaired) electrons. The summed E-state index contributed by atoms with van der Waals surface area (Å²) in [7, 11) is 0. The normalized spacial score (nSPS) is 16.7. The van der Waals surface area contributed by atoms with Crippen LogP contribution >= 0.6 is 11.8 Å². The first-order valence-electron chi connectivity index (χ1n) is 6.31. The lowest BCUT2D eigenvalue weighted by molar-refractivity contribution is -0.118. The van der Waals surface area contributed by atoms with E-state index in [1.165, 1.54) is 43.9 Å². The van der Waals surface area contributed by atoms with Gasteiger partial charge in [0, 0.05) is 6.54 Å². The highest BCUT2D eigenvalue weighted by atomic mass is 32.2. The fourth-order valence-corrected chi connectivity index (χ4v) is 2.79. The summed E-state index contributed by atoms with van der Waals surface area (Å²) < 4.78 is 0. The van der Waals surface area contributed by atoms with Gasteiger partial charge in [-0.3, -0.25) is 4.79 Å². The molecule has 6 nitrogen and oxygen atoms in total. The van der Waals surface area contributed by atoms with E-state index in [1.54, 1.807) is 0 Å². The number of anilines is 1. The lowest BCUT2D eigenvalue weighted by Crippen LogP contribution is -2.31. The van der Waals surface area contributed by atoms with Gasteiger partial charge >= 0.3 is 0 Å². The van der Waals surface area contributed by atoms with Gasteiger partial charge in [-0.05, 0) is 18.8 Å². The highest BCUT2D eigenvalue weighted by Crippen LogP contribution is 2.22. The van der Waals surface area contributed by atoms with E-state index in [0.717, 1.165) is 6.54 Å². The minimum Gasteiger partial charge on any atom is -0.368 e. The summed E-state index contributed by atoms with van der Waals surface area (Å²) in [5.41, 5.74) is 5.40. The Bertz CT molecular complexity index is 389. The second-order valence-corrected chi connectivity index (χ2v) is 5.54. The van der Waals surface area contributed by atoms with Crippen molar-refractivity contribution in [3.8, 4) is 0 Å². The first-order chi connectivity index (χ1) is 8.74. The van der Waals surface area contributed by atoms with E-state index in [1.807, 2.05) is 0 Å². The molecule has 4 N–H and O–H groups in total. The maximum Gasteiger partial charge on any atom is 0.230 e. The number of carbonyl (C=O) groups excluding carboxylic acids is 1. The number of thioether (sulfide) groups is 1. The Morgan fingerprint density at radius 2 is 2.22 bits per heavy atom. The van der Waals surface area contributed by atoms with Gasteiger partial charge in [-0.1, -0.05) is 31.0 Å². The van der Waals surface area contributed by atoms with Crippen LogP contribution in [-0.4, -0.2) is 33.4 Å². The van der Waals surface area contributed by atoms with E-state index in [4.69, 9.17) is 5.73 Å². The number of rotatable bonds is 5. The van der Waals surface area contributed by atoms with Crippen molar-refractivity contribution < 1.29 is 4.79 Å². The molecule has 0 aliphatic heterocycles. The molecule has 1 aromatic heterocycles. The fourth-order valence-electron chi connectivity index (χ4n) is 2.15. The number of nitrogens with two attached hydrogens (primary N) is 1. The molecule has 100 valence electrons. The van der Waals surface area contributed by atoms with E-state index in [9.17, 15) is 4.79 Å². The predicted octanol–water partition coefficient (Wildman–Crippen LogP) is 1.18. The summed E-state index contributed by atoms with van der Waals surface area (Å²) in [5.74, 6) is 1.31. The zero-order valence-electron chi connectivity index (χ0n) is 10.3. The number of amides is 1. The Balaban J connectivity index is 1.62. The highest BCUT2D eigenvalue weighted by molar-refractivity contribution is 7.99. The van der Waals surface area contributed by atoms with Gasteiger partial charge < -0.3 is 11.1 Å². The number of nitrogens with zero attached hydrogens (tertiary/aromatic N) is 2. The molecule has 7 heteroatoms. The summed E-state index contributed by atoms with van der Waals surface area (Å²) in [6, 6.07) is 0. The van der Waals surface area contributed by atoms with Crippen molar-refractivity contribution in [3.05, 3.63) is 0 Å². The largest absolute Gasteiger partial charge is 0.368 e. The average molecular weight is 269 g/mol. The van der Waals surface area contributed by atoms with Crippen molar-refractivity contribution in [1.82, 2.24) is 20.5 Å². The molecule has 1 heterocycles. The van der Waals surface area contributed by atoms with Gasteiger partial charge in [-0.25, -0.2) is 5.10 Å². The molecule has 1 aliphatic carbocycles. The maximum absolute atomic E-state index is 11.6. The van der Waals surface area contributed by atoms with Gasteiger partial charge in [0.1, 0.15) is 0 Å². The van der Waals surface area contributed by atoms with Crippen LogP contribution < -0.4 is 11.1 Å². The molecular weight excluding hydrogens is 250 g/mol. The third kappa shape index (κ3) is 4.21. The zero-order chi connectivity index (χ0) is 12.8. The minimum atomic E-state index is 0.0361. The number of hydrogen-bond donors (Lipinski definition) is 3. The summed E-state index contributed by atoms with van der Waals surface area (Å²) in [6.07, 6.45) is 6.42. The third-order valence-corrected chi connectivity index (χ3v) is 3.97. The molecule has 0 bridgehead atoms. The van der Waals surface area contributed by atoms with Crippen LogP contribution in [0, 0.1) is 5.92 Å². The Labute approximate surface area is 111 Å². The van der Waals surface area contributed by atoms with E-state index in [0.29, 0.717) is 16.8 Å². The standard InChI is InChI=1S/C11H19N5OS/c12-10-14-11(16-15-10)18-7-9(17)13-6-8-4-2-1-3-5-8/h8H,1-7H2,(H,13,17)(H3,12,14,15,16). The molecule has 18 heavy (non-hydrogen) atoms. The van der Waals surface area contributed by atoms with Crippen molar-refractivity contribution >= 4 is 23.6 Å². The van der Waals surface area contributed by atoms with E-state index in [-0.39, 0.29) is 11.9 Å². The summed E-state index contributed by atoms with van der Waals surface area (Å²) in [5, 5.41) is 9.89. The van der Waals surface area contributed by atoms with Gasteiger partial charge in [0.25, 0.3) is 0 Å². The lowest BCUT2D eigenvalue weighted by atomic mass is 9.89. The number of aromatic nitrogens is 3. The third-order valence-electron chi connectivity index (χ3n) is 3.13. The number of carbonyl (C=O) groups is 1. The van der Waals surface area contributed by atoms with Gasteiger partial charge in [0.15, 0.2) is 0 Å². The number of aromatic amines is 1. The van der Waals surface area contributed by atoms with Crippen molar-refractivity contribution in [2.45, 2.75) is 37.3 Å². The average Bonchev–Trinajstić information content (AvgIpc) is 2.81. The van der Waals surface area contributed by atoms with Crippen LogP contribution in [0.15, 0.2) is 5.16 Å². The SMILES string of the molecule is Nc1nc(SCC(=O)NCC2CCCCC2)n[nH]1. The van der Waals surface area contributed by atoms with Gasteiger partial charge in [-0.2, -0.15) is 4.98 Å². The second kappa shape index (κ2) is 6.63. The predicted molar refractivity (Wildman–Crippen MR) is 71.1 cm³/mol. The molecule has 1 aliphatic rings. The zero-order valence-corrected chi connectivity index (χ0v) is 11.1. The lowest BCUT2D eigenvalue weighted by Gasteiger charge is -2.21. The molecule has 1 fully saturated rings. The first kappa shape index (κ1) is 13.2. The molecule has 2 rings (SSSR count). The van der Waals surface area contributed by atoms with Crippen molar-refractivity contribution in [1.29, 1.82) is 0 Å². The van der Waals surface area contributed by atoms with Crippen LogP contribution in [0.3, 0.4) is 0 Å². The molecule has 0 atom stereocenters. The fraction of sp³-hybridized carbons (Fsp3) is 0.727.